The Bertz CT molecular complexity index is 2350. The zero-order chi connectivity index (χ0) is 29.9. The highest BCUT2D eigenvalue weighted by Gasteiger charge is 2.30. The molecule has 0 fully saturated rings. The van der Waals surface area contributed by atoms with Crippen molar-refractivity contribution in [3.8, 4) is 33.4 Å². The first kappa shape index (κ1) is 26.2. The molecule has 0 aliphatic heterocycles. The van der Waals surface area contributed by atoms with Gasteiger partial charge in [-0.1, -0.05) is 127 Å². The summed E-state index contributed by atoms with van der Waals surface area (Å²) in [4.78, 5) is 0. The smallest absolute Gasteiger partial charge is 0.170 e. The van der Waals surface area contributed by atoms with E-state index in [0.717, 1.165) is 21.9 Å². The summed E-state index contributed by atoms with van der Waals surface area (Å²) in [5, 5.41) is 5.75. The maximum absolute atomic E-state index is 16.3. The quantitative estimate of drug-likeness (QED) is 0.111. The van der Waals surface area contributed by atoms with Crippen LogP contribution in [0.3, 0.4) is 0 Å². The molecule has 0 atom stereocenters. The molecule has 0 aliphatic rings. The average Bonchev–Trinajstić information content (AvgIpc) is 3.07. The molecule has 44 heavy (non-hydrogen) atoms. The second-order valence-electron chi connectivity index (χ2n) is 10.9. The molecule has 8 aromatic carbocycles. The van der Waals surface area contributed by atoms with Gasteiger partial charge in [-0.05, 0) is 65.8 Å². The molecule has 0 bridgehead atoms. The first-order valence-electron chi connectivity index (χ1n) is 14.3. The zero-order valence-corrected chi connectivity index (χ0v) is 23.2. The van der Waals surface area contributed by atoms with Crippen molar-refractivity contribution in [2.45, 2.75) is 0 Å². The SMILES string of the molecule is Fc1c(F)c(-c2c3ccccc3c(-c3ccc4ccccc4c3)c3ccccc23)c(F)c(F)c1-c1cccc2ccccc12. The van der Waals surface area contributed by atoms with Crippen LogP contribution in [-0.2, 0) is 0 Å². The Hall–Kier alpha value is -5.48. The summed E-state index contributed by atoms with van der Waals surface area (Å²) in [6.07, 6.45) is 0. The predicted octanol–water partition coefficient (Wildman–Crippen LogP) is 11.9. The fourth-order valence-electron chi connectivity index (χ4n) is 6.58. The average molecular weight is 579 g/mol. The van der Waals surface area contributed by atoms with Crippen molar-refractivity contribution >= 4 is 43.1 Å². The summed E-state index contributed by atoms with van der Waals surface area (Å²) < 4.78 is 64.9. The van der Waals surface area contributed by atoms with Crippen LogP contribution in [0, 0.1) is 23.3 Å². The van der Waals surface area contributed by atoms with Crippen LogP contribution in [0.15, 0.2) is 133 Å². The summed E-state index contributed by atoms with van der Waals surface area (Å²) in [6, 6.07) is 40.5. The van der Waals surface area contributed by atoms with Crippen molar-refractivity contribution in [3.63, 3.8) is 0 Å². The fraction of sp³-hybridized carbons (Fsp3) is 0. The lowest BCUT2D eigenvalue weighted by Gasteiger charge is -2.20. The highest BCUT2D eigenvalue weighted by atomic mass is 19.2. The molecule has 0 radical (unpaired) electrons. The number of rotatable bonds is 3. The number of hydrogen-bond acceptors (Lipinski definition) is 0. The lowest BCUT2D eigenvalue weighted by atomic mass is 9.84. The largest absolute Gasteiger partial charge is 0.203 e. The second kappa shape index (κ2) is 10.1. The van der Waals surface area contributed by atoms with Crippen LogP contribution in [-0.4, -0.2) is 0 Å². The van der Waals surface area contributed by atoms with Crippen LogP contribution in [0.4, 0.5) is 17.6 Å². The van der Waals surface area contributed by atoms with Crippen molar-refractivity contribution in [1.29, 1.82) is 0 Å². The van der Waals surface area contributed by atoms with Gasteiger partial charge < -0.3 is 0 Å². The van der Waals surface area contributed by atoms with Crippen LogP contribution in [0.2, 0.25) is 0 Å². The Kier molecular flexibility index (Phi) is 5.98. The van der Waals surface area contributed by atoms with E-state index in [0.29, 0.717) is 32.3 Å². The van der Waals surface area contributed by atoms with E-state index in [1.54, 1.807) is 60.7 Å². The van der Waals surface area contributed by atoms with E-state index in [1.165, 1.54) is 6.07 Å². The summed E-state index contributed by atoms with van der Waals surface area (Å²) in [7, 11) is 0. The molecule has 0 aromatic heterocycles. The second-order valence-corrected chi connectivity index (χ2v) is 10.9. The normalized spacial score (nSPS) is 11.6. The van der Waals surface area contributed by atoms with Crippen LogP contribution in [0.5, 0.6) is 0 Å². The van der Waals surface area contributed by atoms with Gasteiger partial charge in [-0.3, -0.25) is 0 Å². The van der Waals surface area contributed by atoms with Gasteiger partial charge in [0.25, 0.3) is 0 Å². The summed E-state index contributed by atoms with van der Waals surface area (Å²) in [6.45, 7) is 0. The fourth-order valence-corrected chi connectivity index (χ4v) is 6.58. The highest BCUT2D eigenvalue weighted by Crippen LogP contribution is 2.47. The topological polar surface area (TPSA) is 0 Å². The summed E-state index contributed by atoms with van der Waals surface area (Å²) in [5.74, 6) is -5.72. The van der Waals surface area contributed by atoms with Gasteiger partial charge in [-0.25, -0.2) is 17.6 Å². The molecular weight excluding hydrogens is 556 g/mol. The van der Waals surface area contributed by atoms with Crippen molar-refractivity contribution in [1.82, 2.24) is 0 Å². The predicted molar refractivity (Wildman–Crippen MR) is 173 cm³/mol. The van der Waals surface area contributed by atoms with E-state index < -0.39 is 34.4 Å². The summed E-state index contributed by atoms with van der Waals surface area (Å²) in [5.41, 5.74) is 0.553. The van der Waals surface area contributed by atoms with Crippen molar-refractivity contribution in [3.05, 3.63) is 157 Å². The van der Waals surface area contributed by atoms with E-state index in [9.17, 15) is 0 Å². The van der Waals surface area contributed by atoms with Crippen molar-refractivity contribution in [2.75, 3.05) is 0 Å². The number of hydrogen-bond donors (Lipinski definition) is 0. The van der Waals surface area contributed by atoms with Gasteiger partial charge in [0.2, 0.25) is 0 Å². The minimum Gasteiger partial charge on any atom is -0.203 e. The molecule has 0 aliphatic carbocycles. The Morgan fingerprint density at radius 2 is 0.750 bits per heavy atom. The first-order chi connectivity index (χ1) is 21.5. The maximum atomic E-state index is 16.3. The van der Waals surface area contributed by atoms with E-state index >= 15 is 17.6 Å². The molecule has 210 valence electrons. The van der Waals surface area contributed by atoms with Gasteiger partial charge in [-0.2, -0.15) is 0 Å². The molecule has 8 aromatic rings. The highest BCUT2D eigenvalue weighted by molar-refractivity contribution is 6.22. The third-order valence-electron chi connectivity index (χ3n) is 8.54. The van der Waals surface area contributed by atoms with Crippen LogP contribution < -0.4 is 0 Å². The Labute approximate surface area is 250 Å². The lowest BCUT2D eigenvalue weighted by Crippen LogP contribution is -2.05. The molecule has 0 N–H and O–H groups in total. The molecule has 0 saturated heterocycles. The van der Waals surface area contributed by atoms with Crippen LogP contribution >= 0.6 is 0 Å². The van der Waals surface area contributed by atoms with E-state index in [4.69, 9.17) is 0 Å². The molecule has 0 saturated carbocycles. The third-order valence-corrected chi connectivity index (χ3v) is 8.54. The van der Waals surface area contributed by atoms with Gasteiger partial charge in [0, 0.05) is 5.56 Å². The standard InChI is InChI=1S/C40H22F4/c41-37-35(28-19-9-13-24-11-3-4-14-27(24)28)38(42)40(44)36(39(37)43)34-31-17-7-5-15-29(31)33(30-16-6-8-18-32(30)34)26-21-20-23-10-1-2-12-25(23)22-26/h1-22H. The van der Waals surface area contributed by atoms with E-state index in [2.05, 4.69) is 6.07 Å². The first-order valence-corrected chi connectivity index (χ1v) is 14.3. The molecule has 4 heteroatoms. The Morgan fingerprint density at radius 1 is 0.295 bits per heavy atom. The van der Waals surface area contributed by atoms with Crippen molar-refractivity contribution in [2.24, 2.45) is 0 Å². The number of halogens is 4. The molecule has 0 unspecified atom stereocenters. The van der Waals surface area contributed by atoms with Gasteiger partial charge in [0.1, 0.15) is 0 Å². The number of benzene rings is 8. The van der Waals surface area contributed by atoms with Gasteiger partial charge >= 0.3 is 0 Å². The van der Waals surface area contributed by atoms with Crippen LogP contribution in [0.25, 0.3) is 76.5 Å². The Balaban J connectivity index is 1.46. The molecule has 0 amide bonds. The lowest BCUT2D eigenvalue weighted by molar-refractivity contribution is 0.463. The molecule has 0 spiro atoms. The third kappa shape index (κ3) is 3.84. The van der Waals surface area contributed by atoms with Gasteiger partial charge in [0.15, 0.2) is 23.3 Å². The Morgan fingerprint density at radius 3 is 1.36 bits per heavy atom. The molecular formula is C40H22F4. The van der Waals surface area contributed by atoms with Gasteiger partial charge in [-0.15, -0.1) is 0 Å². The summed E-state index contributed by atoms with van der Waals surface area (Å²) >= 11 is 0. The zero-order valence-electron chi connectivity index (χ0n) is 23.2. The number of fused-ring (bicyclic) bond motifs is 4. The minimum atomic E-state index is -1.43. The van der Waals surface area contributed by atoms with E-state index in [1.807, 2.05) is 60.7 Å². The molecule has 0 nitrogen and oxygen atoms in total. The molecule has 8 rings (SSSR count). The van der Waals surface area contributed by atoms with Crippen LogP contribution in [0.1, 0.15) is 0 Å². The van der Waals surface area contributed by atoms with E-state index in [-0.39, 0.29) is 11.1 Å². The maximum Gasteiger partial charge on any atom is 0.170 e. The van der Waals surface area contributed by atoms with Crippen molar-refractivity contribution < 1.29 is 17.6 Å². The minimum absolute atomic E-state index is 0.0869. The van der Waals surface area contributed by atoms with Gasteiger partial charge in [0.05, 0.1) is 11.1 Å². The monoisotopic (exact) mass is 578 g/mol. The molecule has 0 heterocycles.